The second-order valence-electron chi connectivity index (χ2n) is 7.49. The number of carbonyl (C=O) groups is 4. The molecule has 1 aliphatic carbocycles. The first-order valence-electron chi connectivity index (χ1n) is 9.52. The third-order valence-corrected chi connectivity index (χ3v) is 6.29. The zero-order valence-electron chi connectivity index (χ0n) is 15.6. The van der Waals surface area contributed by atoms with Crippen LogP contribution in [0.5, 0.6) is 5.88 Å². The van der Waals surface area contributed by atoms with E-state index < -0.39 is 34.0 Å². The molecule has 3 fully saturated rings. The Labute approximate surface area is 171 Å². The number of primary amides is 1. The lowest BCUT2D eigenvalue weighted by Crippen LogP contribution is -2.66. The molecule has 0 bridgehead atoms. The standard InChI is InChI=1S/C19H21N3O6S/c20-14(23)8-19(17(25)29-18(19)26)22-15(24)13-6-5-12(10-3-4-10)16(21-13)28-9-11-2-1-7-27-11/h5-6,10-11H,1-4,7-9H2,(H2,20,23)(H,22,24). The largest absolute Gasteiger partial charge is 0.475 e. The summed E-state index contributed by atoms with van der Waals surface area (Å²) < 4.78 is 11.4. The van der Waals surface area contributed by atoms with Crippen LogP contribution in [0.4, 0.5) is 0 Å². The Morgan fingerprint density at radius 3 is 2.62 bits per heavy atom. The predicted octanol–water partition coefficient (Wildman–Crippen LogP) is 0.661. The maximum absolute atomic E-state index is 12.7. The molecule has 10 heteroatoms. The predicted molar refractivity (Wildman–Crippen MR) is 102 cm³/mol. The normalized spacial score (nSPS) is 22.8. The van der Waals surface area contributed by atoms with Gasteiger partial charge in [0.25, 0.3) is 5.91 Å². The van der Waals surface area contributed by atoms with Gasteiger partial charge in [-0.15, -0.1) is 0 Å². The smallest absolute Gasteiger partial charge is 0.271 e. The molecule has 4 rings (SSSR count). The number of rotatable bonds is 8. The van der Waals surface area contributed by atoms with Crippen LogP contribution in [0.15, 0.2) is 12.1 Å². The number of carbonyl (C=O) groups excluding carboxylic acids is 4. The summed E-state index contributed by atoms with van der Waals surface area (Å²) in [6.07, 6.45) is 3.39. The summed E-state index contributed by atoms with van der Waals surface area (Å²) in [5, 5.41) is 1.14. The highest BCUT2D eigenvalue weighted by atomic mass is 32.2. The zero-order chi connectivity index (χ0) is 20.6. The van der Waals surface area contributed by atoms with Crippen molar-refractivity contribution in [3.8, 4) is 5.88 Å². The second-order valence-corrected chi connectivity index (χ2v) is 8.44. The van der Waals surface area contributed by atoms with Gasteiger partial charge in [-0.25, -0.2) is 4.98 Å². The summed E-state index contributed by atoms with van der Waals surface area (Å²) in [6, 6.07) is 3.31. The third kappa shape index (κ3) is 3.99. The van der Waals surface area contributed by atoms with E-state index in [1.54, 1.807) is 6.07 Å². The van der Waals surface area contributed by atoms with E-state index in [9.17, 15) is 19.2 Å². The quantitative estimate of drug-likeness (QED) is 0.586. The molecule has 0 radical (unpaired) electrons. The van der Waals surface area contributed by atoms with Crippen molar-refractivity contribution < 1.29 is 28.7 Å². The van der Waals surface area contributed by atoms with E-state index in [-0.39, 0.29) is 11.8 Å². The molecule has 2 amide bonds. The van der Waals surface area contributed by atoms with Crippen molar-refractivity contribution in [3.05, 3.63) is 23.4 Å². The van der Waals surface area contributed by atoms with Crippen LogP contribution in [0.1, 0.15) is 54.1 Å². The minimum absolute atomic E-state index is 0.00177. The minimum atomic E-state index is -1.91. The van der Waals surface area contributed by atoms with E-state index in [4.69, 9.17) is 15.2 Å². The fourth-order valence-electron chi connectivity index (χ4n) is 3.45. The summed E-state index contributed by atoms with van der Waals surface area (Å²) in [5.41, 5.74) is 4.17. The van der Waals surface area contributed by atoms with E-state index in [0.29, 0.717) is 36.8 Å². The lowest BCUT2D eigenvalue weighted by molar-refractivity contribution is -0.134. The molecular weight excluding hydrogens is 398 g/mol. The molecule has 29 heavy (non-hydrogen) atoms. The van der Waals surface area contributed by atoms with E-state index in [1.807, 2.05) is 0 Å². The highest BCUT2D eigenvalue weighted by Gasteiger charge is 2.58. The summed E-state index contributed by atoms with van der Waals surface area (Å²) in [6.45, 7) is 1.05. The minimum Gasteiger partial charge on any atom is -0.475 e. The fraction of sp³-hybridized carbons (Fsp3) is 0.526. The Morgan fingerprint density at radius 2 is 2.03 bits per heavy atom. The Kier molecular flexibility index (Phi) is 5.30. The number of pyridine rings is 1. The van der Waals surface area contributed by atoms with Crippen molar-refractivity contribution in [1.82, 2.24) is 10.3 Å². The molecule has 3 N–H and O–H groups in total. The monoisotopic (exact) mass is 419 g/mol. The molecule has 154 valence electrons. The van der Waals surface area contributed by atoms with Gasteiger partial charge in [-0.3, -0.25) is 19.2 Å². The average Bonchev–Trinajstić information content (AvgIpc) is 3.40. The van der Waals surface area contributed by atoms with Crippen LogP contribution >= 0.6 is 11.8 Å². The molecule has 2 aliphatic heterocycles. The average molecular weight is 419 g/mol. The fourth-order valence-corrected chi connectivity index (χ4v) is 4.25. The van der Waals surface area contributed by atoms with Crippen molar-refractivity contribution in [3.63, 3.8) is 0 Å². The summed E-state index contributed by atoms with van der Waals surface area (Å²) in [5.74, 6) is -0.880. The van der Waals surface area contributed by atoms with Gasteiger partial charge in [0.15, 0.2) is 5.54 Å². The van der Waals surface area contributed by atoms with Crippen LogP contribution in [0.2, 0.25) is 0 Å². The number of nitrogens with one attached hydrogen (secondary N) is 1. The van der Waals surface area contributed by atoms with Gasteiger partial charge < -0.3 is 20.5 Å². The SMILES string of the molecule is NC(=O)CC1(NC(=O)c2ccc(C3CC3)c(OCC3CCCO3)n2)C(=O)SC1=O. The number of hydrogen-bond acceptors (Lipinski definition) is 8. The van der Waals surface area contributed by atoms with Crippen molar-refractivity contribution in [1.29, 1.82) is 0 Å². The first-order valence-corrected chi connectivity index (χ1v) is 10.3. The highest BCUT2D eigenvalue weighted by molar-refractivity contribution is 8.30. The van der Waals surface area contributed by atoms with Crippen LogP contribution in [-0.4, -0.2) is 51.9 Å². The van der Waals surface area contributed by atoms with Gasteiger partial charge in [-0.05, 0) is 49.4 Å². The lowest BCUT2D eigenvalue weighted by Gasteiger charge is -2.36. The second kappa shape index (κ2) is 7.75. The number of hydrogen-bond donors (Lipinski definition) is 2. The number of thioether (sulfide) groups is 1. The van der Waals surface area contributed by atoms with E-state index in [2.05, 4.69) is 10.3 Å². The van der Waals surface area contributed by atoms with Crippen molar-refractivity contribution in [2.45, 2.75) is 49.7 Å². The Morgan fingerprint density at radius 1 is 1.28 bits per heavy atom. The van der Waals surface area contributed by atoms with E-state index >= 15 is 0 Å². The van der Waals surface area contributed by atoms with Gasteiger partial charge in [-0.2, -0.15) is 0 Å². The first kappa shape index (κ1) is 19.8. The van der Waals surface area contributed by atoms with Crippen LogP contribution in [0.3, 0.4) is 0 Å². The maximum Gasteiger partial charge on any atom is 0.271 e. The van der Waals surface area contributed by atoms with Gasteiger partial charge in [-0.1, -0.05) is 6.07 Å². The van der Waals surface area contributed by atoms with Gasteiger partial charge in [0.05, 0.1) is 12.5 Å². The molecule has 1 unspecified atom stereocenters. The van der Waals surface area contributed by atoms with Crippen molar-refractivity contribution in [2.24, 2.45) is 5.73 Å². The van der Waals surface area contributed by atoms with Gasteiger partial charge in [0, 0.05) is 12.2 Å². The molecule has 1 aromatic heterocycles. The van der Waals surface area contributed by atoms with Crippen molar-refractivity contribution in [2.75, 3.05) is 13.2 Å². The molecular formula is C19H21N3O6S. The number of ether oxygens (including phenoxy) is 2. The van der Waals surface area contributed by atoms with Crippen LogP contribution < -0.4 is 15.8 Å². The van der Waals surface area contributed by atoms with Crippen LogP contribution in [0.25, 0.3) is 0 Å². The van der Waals surface area contributed by atoms with E-state index in [1.165, 1.54) is 6.07 Å². The van der Waals surface area contributed by atoms with Gasteiger partial charge in [0.1, 0.15) is 12.3 Å². The van der Waals surface area contributed by atoms with Crippen LogP contribution in [-0.2, 0) is 19.1 Å². The highest BCUT2D eigenvalue weighted by Crippen LogP contribution is 2.44. The molecule has 1 saturated carbocycles. The molecule has 9 nitrogen and oxygen atoms in total. The Bertz CT molecular complexity index is 865. The molecule has 0 aromatic carbocycles. The van der Waals surface area contributed by atoms with Gasteiger partial charge in [0.2, 0.25) is 22.0 Å². The number of nitrogens with two attached hydrogens (primary N) is 1. The lowest BCUT2D eigenvalue weighted by atomic mass is 9.96. The summed E-state index contributed by atoms with van der Waals surface area (Å²) in [4.78, 5) is 52.4. The Hall–Kier alpha value is -2.46. The van der Waals surface area contributed by atoms with Crippen LogP contribution in [0, 0.1) is 0 Å². The molecule has 3 aliphatic rings. The summed E-state index contributed by atoms with van der Waals surface area (Å²) in [7, 11) is 0. The molecule has 0 spiro atoms. The number of aromatic nitrogens is 1. The number of nitrogens with zero attached hydrogens (tertiary/aromatic N) is 1. The molecule has 1 atom stereocenters. The molecule has 3 heterocycles. The summed E-state index contributed by atoms with van der Waals surface area (Å²) >= 11 is 0.450. The zero-order valence-corrected chi connectivity index (χ0v) is 16.5. The maximum atomic E-state index is 12.7. The Balaban J connectivity index is 1.53. The topological polar surface area (TPSA) is 138 Å². The number of amides is 2. The first-order chi connectivity index (χ1) is 13.9. The van der Waals surface area contributed by atoms with Crippen molar-refractivity contribution >= 4 is 33.8 Å². The third-order valence-electron chi connectivity index (χ3n) is 5.22. The van der Waals surface area contributed by atoms with E-state index in [0.717, 1.165) is 31.2 Å². The van der Waals surface area contributed by atoms with Gasteiger partial charge >= 0.3 is 0 Å². The molecule has 1 aromatic rings. The molecule has 2 saturated heterocycles.